The molecule has 46 heavy (non-hydrogen) atoms. The lowest BCUT2D eigenvalue weighted by atomic mass is 9.95. The normalized spacial score (nSPS) is 16.2. The second-order valence-corrected chi connectivity index (χ2v) is 12.3. The molecule has 0 saturated carbocycles. The van der Waals surface area contributed by atoms with Crippen molar-refractivity contribution in [1.29, 1.82) is 0 Å². The first-order valence-electron chi connectivity index (χ1n) is 15.3. The monoisotopic (exact) mass is 662 g/mol. The van der Waals surface area contributed by atoms with Crippen LogP contribution in [-0.4, -0.2) is 78.6 Å². The van der Waals surface area contributed by atoms with Crippen LogP contribution in [0.4, 0.5) is 0 Å². The molecule has 4 aromatic rings. The van der Waals surface area contributed by atoms with E-state index in [9.17, 15) is 9.90 Å². The lowest BCUT2D eigenvalue weighted by molar-refractivity contribution is -0.142. The Hall–Kier alpha value is -3.73. The van der Waals surface area contributed by atoms with Gasteiger partial charge in [-0.1, -0.05) is 65.7 Å². The Morgan fingerprint density at radius 2 is 1.70 bits per heavy atom. The number of rotatable bonds is 11. The summed E-state index contributed by atoms with van der Waals surface area (Å²) in [5.41, 5.74) is 7.60. The molecule has 1 fully saturated rings. The Morgan fingerprint density at radius 3 is 2.37 bits per heavy atom. The highest BCUT2D eigenvalue weighted by molar-refractivity contribution is 6.39. The van der Waals surface area contributed by atoms with Crippen molar-refractivity contribution in [3.8, 4) is 45.1 Å². The van der Waals surface area contributed by atoms with Gasteiger partial charge in [-0.15, -0.1) is 0 Å². The second kappa shape index (κ2) is 13.9. The van der Waals surface area contributed by atoms with Gasteiger partial charge in [0.2, 0.25) is 5.88 Å². The number of hydrogen-bond donors (Lipinski definition) is 2. The number of esters is 1. The van der Waals surface area contributed by atoms with E-state index < -0.39 is 0 Å². The number of fused-ring (bicyclic) bond motifs is 1. The largest absolute Gasteiger partial charge is 0.496 e. The van der Waals surface area contributed by atoms with Crippen molar-refractivity contribution in [3.63, 3.8) is 0 Å². The average Bonchev–Trinajstić information content (AvgIpc) is 3.46. The quantitative estimate of drug-likeness (QED) is 0.199. The van der Waals surface area contributed by atoms with Crippen LogP contribution in [0.5, 0.6) is 11.6 Å². The molecule has 6 rings (SSSR count). The summed E-state index contributed by atoms with van der Waals surface area (Å²) in [6.45, 7) is 4.08. The van der Waals surface area contributed by atoms with Crippen LogP contribution in [0.25, 0.3) is 33.5 Å². The number of aliphatic hydroxyl groups excluding tert-OH is 1. The number of aliphatic hydroxyl groups is 1. The molecule has 1 aliphatic heterocycles. The van der Waals surface area contributed by atoms with Crippen molar-refractivity contribution < 1.29 is 24.1 Å². The van der Waals surface area contributed by atoms with E-state index in [4.69, 9.17) is 42.4 Å². The number of ether oxygens (including phenoxy) is 3. The summed E-state index contributed by atoms with van der Waals surface area (Å²) < 4.78 is 16.5. The molecule has 3 aromatic carbocycles. The van der Waals surface area contributed by atoms with Gasteiger partial charge in [-0.3, -0.25) is 14.7 Å². The zero-order valence-corrected chi connectivity index (χ0v) is 27.5. The third-order valence-electron chi connectivity index (χ3n) is 8.47. The fourth-order valence-electron chi connectivity index (χ4n) is 6.21. The van der Waals surface area contributed by atoms with E-state index >= 15 is 0 Å². The van der Waals surface area contributed by atoms with Crippen LogP contribution in [0.1, 0.15) is 23.7 Å². The third-order valence-corrected chi connectivity index (χ3v) is 9.28. The average molecular weight is 664 g/mol. The predicted molar refractivity (Wildman–Crippen MR) is 179 cm³/mol. The summed E-state index contributed by atoms with van der Waals surface area (Å²) in [5.74, 6) is 0.948. The van der Waals surface area contributed by atoms with Crippen molar-refractivity contribution in [3.05, 3.63) is 81.6 Å². The number of nitrogens with one attached hydrogen (secondary N) is 1. The third kappa shape index (κ3) is 6.56. The van der Waals surface area contributed by atoms with Crippen LogP contribution >= 0.6 is 23.2 Å². The van der Waals surface area contributed by atoms with Crippen LogP contribution in [0.3, 0.4) is 0 Å². The van der Waals surface area contributed by atoms with E-state index in [1.54, 1.807) is 27.3 Å². The van der Waals surface area contributed by atoms with Gasteiger partial charge in [0.05, 0.1) is 55.4 Å². The van der Waals surface area contributed by atoms with E-state index in [1.807, 2.05) is 42.5 Å². The maximum Gasteiger partial charge on any atom is 0.319 e. The maximum atomic E-state index is 11.9. The Morgan fingerprint density at radius 1 is 1.00 bits per heavy atom. The van der Waals surface area contributed by atoms with Gasteiger partial charge in [-0.25, -0.2) is 4.98 Å². The van der Waals surface area contributed by atoms with Crippen molar-refractivity contribution in [1.82, 2.24) is 20.2 Å². The number of carbonyl (C=O) groups excluding carboxylic acids is 1. The van der Waals surface area contributed by atoms with Crippen molar-refractivity contribution in [2.45, 2.75) is 38.5 Å². The number of halogens is 2. The Labute approximate surface area is 278 Å². The zero-order valence-electron chi connectivity index (χ0n) is 26.0. The molecule has 0 amide bonds. The number of aromatic nitrogens is 2. The molecule has 2 N–H and O–H groups in total. The number of carbonyl (C=O) groups is 1. The van der Waals surface area contributed by atoms with Gasteiger partial charge in [0, 0.05) is 47.9 Å². The summed E-state index contributed by atoms with van der Waals surface area (Å²) in [6, 6.07) is 15.9. The van der Waals surface area contributed by atoms with Gasteiger partial charge in [0.25, 0.3) is 0 Å². The Balaban J connectivity index is 1.29. The standard InChI is InChI=1S/C35H36Cl2N4O5/c1-4-46-32(43)16-38-22-12-20-11-21(13-31(44-2)28(20)14-22)24-7-5-8-25(33(24)36)26-9-6-10-27(34(26)37)29-15-39-30(35(40-29)45-3)19-41-17-23(42)18-41/h5-11,13,15,22-23,38,42H,4,12,14,16-19H2,1-3H3/t22-/m1/s1. The number of hydrogen-bond acceptors (Lipinski definition) is 9. The topological polar surface area (TPSA) is 106 Å². The van der Waals surface area contributed by atoms with Crippen LogP contribution in [0.15, 0.2) is 54.7 Å². The molecule has 0 radical (unpaired) electrons. The van der Waals surface area contributed by atoms with E-state index in [0.717, 1.165) is 52.0 Å². The van der Waals surface area contributed by atoms with Crippen LogP contribution in [0.2, 0.25) is 10.0 Å². The molecule has 2 heterocycles. The Kier molecular flexibility index (Phi) is 9.77. The fourth-order valence-corrected chi connectivity index (χ4v) is 6.87. The van der Waals surface area contributed by atoms with E-state index in [1.165, 1.54) is 0 Å². The minimum absolute atomic E-state index is 0.103. The number of methoxy groups -OCH3 is 2. The molecule has 11 heteroatoms. The molecular weight excluding hydrogens is 627 g/mol. The summed E-state index contributed by atoms with van der Waals surface area (Å²) >= 11 is 14.2. The minimum Gasteiger partial charge on any atom is -0.496 e. The number of nitrogens with zero attached hydrogens (tertiary/aromatic N) is 3. The van der Waals surface area contributed by atoms with Crippen molar-refractivity contribution in [2.24, 2.45) is 0 Å². The van der Waals surface area contributed by atoms with Gasteiger partial charge in [-0.05, 0) is 42.5 Å². The van der Waals surface area contributed by atoms with Gasteiger partial charge in [-0.2, -0.15) is 0 Å². The van der Waals surface area contributed by atoms with Gasteiger partial charge >= 0.3 is 5.97 Å². The Bertz CT molecular complexity index is 1760. The molecule has 1 aromatic heterocycles. The first-order valence-corrected chi connectivity index (χ1v) is 16.0. The van der Waals surface area contributed by atoms with E-state index in [2.05, 4.69) is 21.3 Å². The lowest BCUT2D eigenvalue weighted by Gasteiger charge is -2.35. The smallest absolute Gasteiger partial charge is 0.319 e. The summed E-state index contributed by atoms with van der Waals surface area (Å²) in [4.78, 5) is 23.3. The molecule has 240 valence electrons. The minimum atomic E-state index is -0.298. The molecular formula is C35H36Cl2N4O5. The number of likely N-dealkylation sites (tertiary alicyclic amines) is 1. The first-order chi connectivity index (χ1) is 22.3. The first kappa shape index (κ1) is 32.2. The fraction of sp³-hybridized carbons (Fsp3) is 0.343. The van der Waals surface area contributed by atoms with Gasteiger partial charge in [0.15, 0.2) is 0 Å². The van der Waals surface area contributed by atoms with Crippen molar-refractivity contribution >= 4 is 29.2 Å². The van der Waals surface area contributed by atoms with Crippen LogP contribution < -0.4 is 14.8 Å². The molecule has 0 unspecified atom stereocenters. The molecule has 0 bridgehead atoms. The van der Waals surface area contributed by atoms with Gasteiger partial charge < -0.3 is 24.6 Å². The highest BCUT2D eigenvalue weighted by Gasteiger charge is 2.28. The van der Waals surface area contributed by atoms with E-state index in [-0.39, 0.29) is 24.7 Å². The maximum absolute atomic E-state index is 11.9. The molecule has 1 aliphatic carbocycles. The number of benzene rings is 3. The highest BCUT2D eigenvalue weighted by Crippen LogP contribution is 2.44. The molecule has 2 aliphatic rings. The van der Waals surface area contributed by atoms with Crippen LogP contribution in [0, 0.1) is 0 Å². The zero-order chi connectivity index (χ0) is 32.4. The second-order valence-electron chi connectivity index (χ2n) is 11.5. The predicted octanol–water partition coefficient (Wildman–Crippen LogP) is 5.60. The molecule has 1 saturated heterocycles. The van der Waals surface area contributed by atoms with Crippen LogP contribution in [-0.2, 0) is 28.9 Å². The van der Waals surface area contributed by atoms with Gasteiger partial charge in [0.1, 0.15) is 11.4 Å². The summed E-state index contributed by atoms with van der Waals surface area (Å²) in [7, 11) is 3.24. The molecule has 9 nitrogen and oxygen atoms in total. The van der Waals surface area contributed by atoms with E-state index in [0.29, 0.717) is 59.1 Å². The lowest BCUT2D eigenvalue weighted by Crippen LogP contribution is -2.50. The summed E-state index contributed by atoms with van der Waals surface area (Å²) in [5, 5.41) is 14.0. The molecule has 0 spiro atoms. The summed E-state index contributed by atoms with van der Waals surface area (Å²) in [6.07, 6.45) is 2.91. The highest BCUT2D eigenvalue weighted by atomic mass is 35.5. The molecule has 1 atom stereocenters. The number of β-amino-alcohol motifs (C(OH)–C–C–N with tert-alkyl or cyclic N) is 1. The van der Waals surface area contributed by atoms with Crippen molar-refractivity contribution in [2.75, 3.05) is 40.5 Å². The SMILES string of the molecule is CCOC(=O)CN[C@@H]1Cc2cc(-c3cccc(-c4cccc(-c5cnc(CN6CC(O)C6)c(OC)n5)c4Cl)c3Cl)cc(OC)c2C1.